The summed E-state index contributed by atoms with van der Waals surface area (Å²) in [5, 5.41) is 94.1. The number of nitrogens with zero attached hydrogens (tertiary/aromatic N) is 5. The number of methoxy groups -OCH3 is 3. The molecule has 9 amide bonds. The number of anilines is 1. The molecule has 0 radical (unpaired) electrons. The summed E-state index contributed by atoms with van der Waals surface area (Å²) in [6.07, 6.45) is 4.66. The van der Waals surface area contributed by atoms with E-state index in [1.54, 1.807) is 11.9 Å². The van der Waals surface area contributed by atoms with Crippen molar-refractivity contribution in [1.29, 1.82) is 0 Å². The van der Waals surface area contributed by atoms with Gasteiger partial charge in [0.2, 0.25) is 58.8 Å². The molecule has 1 aromatic heterocycles. The number of para-hydroxylation sites is 1. The average Bonchev–Trinajstić information content (AvgIpc) is 1.47. The van der Waals surface area contributed by atoms with Gasteiger partial charge in [-0.25, -0.2) is 9.59 Å². The third-order valence-corrected chi connectivity index (χ3v) is 26.6. The van der Waals surface area contributed by atoms with Gasteiger partial charge in [-0.2, -0.15) is 0 Å². The highest BCUT2D eigenvalue weighted by Crippen LogP contribution is 2.68. The van der Waals surface area contributed by atoms with Gasteiger partial charge in [-0.15, -0.1) is 0 Å². The van der Waals surface area contributed by atoms with Crippen LogP contribution in [0.2, 0.25) is 0 Å². The maximum Gasteiger partial charge on any atom is 0.344 e. The van der Waals surface area contributed by atoms with Crippen molar-refractivity contribution < 1.29 is 112 Å². The summed E-state index contributed by atoms with van der Waals surface area (Å²) in [7, 11) is 5.72. The van der Waals surface area contributed by atoms with E-state index in [1.165, 1.54) is 21.1 Å². The van der Waals surface area contributed by atoms with Crippen LogP contribution in [0.5, 0.6) is 5.75 Å². The number of benzene rings is 2. The second-order valence-electron chi connectivity index (χ2n) is 33.2. The molecular formula is C81H113N13O23. The van der Waals surface area contributed by atoms with Crippen molar-refractivity contribution in [2.75, 3.05) is 106 Å². The van der Waals surface area contributed by atoms with Crippen LogP contribution in [0.1, 0.15) is 139 Å². The molecule has 16 N–H and O–H groups in total. The van der Waals surface area contributed by atoms with Gasteiger partial charge in [0.1, 0.15) is 59.5 Å². The smallest absolute Gasteiger partial charge is 0.344 e. The molecule has 2 aromatic carbocycles. The number of aromatic amines is 1. The summed E-state index contributed by atoms with van der Waals surface area (Å²) < 4.78 is 24.9. The van der Waals surface area contributed by atoms with Crippen LogP contribution in [0, 0.1) is 17.3 Å². The lowest BCUT2D eigenvalue weighted by Crippen LogP contribution is -2.81. The first-order chi connectivity index (χ1) is 55.8. The number of amides is 9. The predicted octanol–water partition coefficient (Wildman–Crippen LogP) is -3.33. The number of ether oxygens (including phenoxy) is 4. The number of rotatable bonds is 29. The largest absolute Gasteiger partial charge is 0.496 e. The first-order valence-electron chi connectivity index (χ1n) is 40.7. The molecule has 4 saturated heterocycles. The lowest BCUT2D eigenvalue weighted by molar-refractivity contribution is -0.231. The van der Waals surface area contributed by atoms with E-state index in [0.717, 1.165) is 39.8 Å². The van der Waals surface area contributed by atoms with Gasteiger partial charge < -0.3 is 112 Å². The number of hydrogen-bond donors (Lipinski definition) is 15. The number of carbonyl (C=O) groups is 12. The van der Waals surface area contributed by atoms with Crippen molar-refractivity contribution in [2.24, 2.45) is 23.0 Å². The van der Waals surface area contributed by atoms with E-state index >= 15 is 14.4 Å². The topological polar surface area (TPSA) is 514 Å². The molecule has 640 valence electrons. The van der Waals surface area contributed by atoms with Crippen molar-refractivity contribution >= 4 is 87.7 Å². The minimum Gasteiger partial charge on any atom is -0.496 e. The number of nitrogens with two attached hydrogens (primary N) is 1. The van der Waals surface area contributed by atoms with Crippen molar-refractivity contribution in [3.8, 4) is 5.75 Å². The number of piperidine rings is 1. The summed E-state index contributed by atoms with van der Waals surface area (Å²) in [6.45, 7) is 2.84. The Morgan fingerprint density at radius 1 is 0.684 bits per heavy atom. The standard InChI is InChI=1S/C81H113N13O23/c1-8-77(112)34-44-35-80(75(110)115-6,63-48(24-29-91(36-44)42-77)47-19-13-14-20-51(47)83-63)50-32-49-58(33-60(50)114-5)90(4)73-79(49)26-30-92-27-16-25-78(9-2,72(79)92)74(81(73,113)76(111)116-7)117-71(109)57-21-15-28-93(57)70(108)56(41-98)88-66(104)53(38-95)85-64(102)52(22-23-61(82)101)84-69(107)62(45-17-11-10-12-18-45)89-67(105)55(40-97)86-65(103)54(39-96)87-68(106)59-31-46(100)37-94(59)43(3)99/h13-14,16,19-20,25,32-33,44-46,52-57,59,62,72-74,83,95-98,100,112-113H,8-12,15,17-18,21-24,26-31,34-42H2,1-7H3,(H2,82,101)(H,84,107)(H,85,102)(H,86,103)(H,87,106)(H,88,104)(H,89,105)/t44-,46-,52+,53+,54+,55+,56+,57+,59+,62+,72+,73-,74-,77+,78-,79-,80+,81+/m1/s1. The number of nitrogens with one attached hydrogen (secondary N) is 7. The molecule has 7 aliphatic heterocycles. The molecule has 2 aliphatic carbocycles. The Kier molecular flexibility index (Phi) is 26.2. The quantitative estimate of drug-likeness (QED) is 0.0184. The first-order valence-corrected chi connectivity index (χ1v) is 40.7. The second-order valence-corrected chi connectivity index (χ2v) is 33.2. The molecule has 2 saturated carbocycles. The molecule has 36 nitrogen and oxygen atoms in total. The number of aliphatic hydroxyl groups excluding tert-OH is 5. The number of esters is 3. The highest BCUT2D eigenvalue weighted by Gasteiger charge is 2.81. The Labute approximate surface area is 676 Å². The summed E-state index contributed by atoms with van der Waals surface area (Å²) >= 11 is 0. The van der Waals surface area contributed by atoms with Crippen LogP contribution >= 0.6 is 0 Å². The van der Waals surface area contributed by atoms with E-state index in [0.29, 0.717) is 112 Å². The number of carbonyl (C=O) groups excluding carboxylic acids is 12. The molecule has 1 unspecified atom stereocenters. The van der Waals surface area contributed by atoms with Gasteiger partial charge in [0.05, 0.1) is 65.5 Å². The molecule has 117 heavy (non-hydrogen) atoms. The lowest BCUT2D eigenvalue weighted by atomic mass is 9.47. The summed E-state index contributed by atoms with van der Waals surface area (Å²) in [6, 6.07) is -3.51. The molecule has 2 bridgehead atoms. The van der Waals surface area contributed by atoms with Gasteiger partial charge in [-0.1, -0.05) is 63.5 Å². The van der Waals surface area contributed by atoms with Gasteiger partial charge in [0.15, 0.2) is 6.10 Å². The van der Waals surface area contributed by atoms with Crippen LogP contribution in [0.15, 0.2) is 48.6 Å². The fourth-order valence-corrected chi connectivity index (χ4v) is 21.2. The van der Waals surface area contributed by atoms with Crippen molar-refractivity contribution in [2.45, 2.75) is 218 Å². The number of aromatic nitrogens is 1. The number of primary amides is 1. The Morgan fingerprint density at radius 2 is 1.32 bits per heavy atom. The highest BCUT2D eigenvalue weighted by molar-refractivity contribution is 6.00. The van der Waals surface area contributed by atoms with Crippen molar-refractivity contribution in [3.63, 3.8) is 0 Å². The number of likely N-dealkylation sites (N-methyl/N-ethyl adjacent to an activating group) is 1. The maximum atomic E-state index is 15.8. The zero-order valence-corrected chi connectivity index (χ0v) is 67.3. The third-order valence-electron chi connectivity index (χ3n) is 26.6. The van der Waals surface area contributed by atoms with Crippen LogP contribution in [-0.4, -0.2) is 316 Å². The lowest BCUT2D eigenvalue weighted by Gasteiger charge is -2.63. The summed E-state index contributed by atoms with van der Waals surface area (Å²) in [5.74, 6) is -12.4. The normalized spacial score (nSPS) is 30.0. The molecule has 8 heterocycles. The van der Waals surface area contributed by atoms with E-state index in [4.69, 9.17) is 24.7 Å². The first kappa shape index (κ1) is 86.9. The Balaban J connectivity index is 0.784. The molecular weight excluding hydrogens is 1520 g/mol. The van der Waals surface area contributed by atoms with E-state index in [-0.39, 0.29) is 51.1 Å². The number of H-pyrrole nitrogens is 1. The number of fused-ring (bicyclic) bond motifs is 6. The summed E-state index contributed by atoms with van der Waals surface area (Å²) in [5.41, 5.74) is 1.42. The van der Waals surface area contributed by atoms with Gasteiger partial charge in [-0.3, -0.25) is 57.7 Å². The molecule has 19 atom stereocenters. The van der Waals surface area contributed by atoms with E-state index in [9.17, 15) is 78.9 Å². The number of β-amino-alcohol motifs (C(OH)–C–C–N with tert-alkyl or cyclic N) is 1. The zero-order valence-electron chi connectivity index (χ0n) is 67.3. The van der Waals surface area contributed by atoms with Crippen molar-refractivity contribution in [3.05, 3.63) is 70.9 Å². The molecule has 1 spiro atoms. The third kappa shape index (κ3) is 15.8. The summed E-state index contributed by atoms with van der Waals surface area (Å²) in [4.78, 5) is 182. The van der Waals surface area contributed by atoms with Gasteiger partial charge in [-0.05, 0) is 112 Å². The van der Waals surface area contributed by atoms with E-state index in [2.05, 4.69) is 46.7 Å². The van der Waals surface area contributed by atoms with Gasteiger partial charge >= 0.3 is 17.9 Å². The van der Waals surface area contributed by atoms with Crippen LogP contribution in [-0.2, 0) is 89.0 Å². The average molecular weight is 1640 g/mol. The molecule has 12 rings (SSSR count). The minimum atomic E-state index is -2.74. The predicted molar refractivity (Wildman–Crippen MR) is 416 cm³/mol. The van der Waals surface area contributed by atoms with Crippen LogP contribution < -0.4 is 47.3 Å². The second kappa shape index (κ2) is 35.3. The fraction of sp³-hybridized carbons (Fsp3) is 0.654. The highest BCUT2D eigenvalue weighted by atomic mass is 16.6. The van der Waals surface area contributed by atoms with E-state index < -0.39 is 216 Å². The number of aliphatic hydroxyl groups is 7. The van der Waals surface area contributed by atoms with Gasteiger partial charge in [0, 0.05) is 117 Å². The Morgan fingerprint density at radius 3 is 1.96 bits per heavy atom. The van der Waals surface area contributed by atoms with Crippen LogP contribution in [0.4, 0.5) is 5.69 Å². The molecule has 36 heteroatoms. The van der Waals surface area contributed by atoms with Gasteiger partial charge in [0.25, 0.3) is 0 Å². The molecule has 9 aliphatic rings. The fourth-order valence-electron chi connectivity index (χ4n) is 21.2. The minimum absolute atomic E-state index is 0.0379. The monoisotopic (exact) mass is 1640 g/mol. The van der Waals surface area contributed by atoms with Crippen LogP contribution in [0.25, 0.3) is 10.9 Å². The SMILES string of the molecule is CC[C@]1(O)C[C@H]2CN(CCc3c([nH]c4ccccc34)[C@@](C(=O)OC)(c3cc4c(cc3OC)N(C)[C@H]3[C@@](O)(C(=O)OC)[C@H](OC(=O)[C@@H]5CCCN5C(=O)[C@H](CO)NC(=O)[C@H](CO)NC(=O)[C@H](CCC(N)=O)NC(=O)[C@@H](NC(=O)[C@H](CO)NC(=O)[C@H](CO)NC(=O)[C@@H]5C[C@@H](O)CN5C(C)=O)C5CCCCC5)[C@]5(CC)C=CCN6CC[C@]43[C@@H]65)C2)C1. The Bertz CT molecular complexity index is 4350. The zero-order chi connectivity index (χ0) is 84.5. The van der Waals surface area contributed by atoms with E-state index in [1.807, 2.05) is 62.4 Å². The van der Waals surface area contributed by atoms with Crippen molar-refractivity contribution in [1.82, 2.24) is 56.5 Å². The van der Waals surface area contributed by atoms with Crippen LogP contribution in [0.3, 0.4) is 0 Å². The number of hydrogen-bond acceptors (Lipinski definition) is 26. The number of likely N-dealkylation sites (tertiary alicyclic amines) is 2. The molecule has 3 aromatic rings. The maximum absolute atomic E-state index is 15.8. The molecule has 6 fully saturated rings. The Hall–Kier alpha value is -9.40.